The predicted molar refractivity (Wildman–Crippen MR) is 101 cm³/mol. The van der Waals surface area contributed by atoms with Crippen molar-refractivity contribution in [2.45, 2.75) is 25.8 Å². The largest absolute Gasteiger partial charge is 0.507 e. The van der Waals surface area contributed by atoms with E-state index in [1.165, 1.54) is 17.3 Å². The Balaban J connectivity index is 2.20. The summed E-state index contributed by atoms with van der Waals surface area (Å²) in [6.07, 6.45) is 4.70. The molecule has 0 spiro atoms. The summed E-state index contributed by atoms with van der Waals surface area (Å²) in [7, 11) is 1.54. The average molecular weight is 366 g/mol. The third-order valence-electron chi connectivity index (χ3n) is 4.68. The number of aliphatic hydroxyl groups excluding tert-OH is 1. The van der Waals surface area contributed by atoms with E-state index in [-0.39, 0.29) is 11.3 Å². The zero-order valence-electron chi connectivity index (χ0n) is 15.4. The number of unbranched alkanes of at least 4 members (excludes halogenated alkanes) is 1. The molecule has 2 heterocycles. The summed E-state index contributed by atoms with van der Waals surface area (Å²) in [5, 5.41) is 10.9. The van der Waals surface area contributed by atoms with E-state index in [1.54, 1.807) is 25.3 Å². The van der Waals surface area contributed by atoms with Gasteiger partial charge in [-0.15, -0.1) is 0 Å². The summed E-state index contributed by atoms with van der Waals surface area (Å²) in [4.78, 5) is 31.0. The highest BCUT2D eigenvalue weighted by molar-refractivity contribution is 6.46. The van der Waals surface area contributed by atoms with E-state index in [0.29, 0.717) is 23.4 Å². The van der Waals surface area contributed by atoms with Gasteiger partial charge in [-0.3, -0.25) is 14.6 Å². The Bertz CT molecular complexity index is 877. The normalized spacial score (nSPS) is 18.7. The van der Waals surface area contributed by atoms with Crippen molar-refractivity contribution in [3.05, 3.63) is 65.5 Å². The van der Waals surface area contributed by atoms with Crippen molar-refractivity contribution in [2.75, 3.05) is 13.7 Å². The number of para-hydroxylation sites is 1. The van der Waals surface area contributed by atoms with Crippen molar-refractivity contribution in [3.8, 4) is 5.75 Å². The summed E-state index contributed by atoms with van der Waals surface area (Å²) in [6, 6.07) is 9.76. The number of amides is 1. The number of ether oxygens (including phenoxy) is 1. The van der Waals surface area contributed by atoms with Crippen molar-refractivity contribution in [1.29, 1.82) is 0 Å². The Hall–Kier alpha value is -3.15. The predicted octanol–water partition coefficient (Wildman–Crippen LogP) is 3.31. The van der Waals surface area contributed by atoms with E-state index in [0.717, 1.165) is 12.8 Å². The number of ketones is 1. The average Bonchev–Trinajstić information content (AvgIpc) is 2.96. The quantitative estimate of drug-likeness (QED) is 0.482. The van der Waals surface area contributed by atoms with Gasteiger partial charge in [0.2, 0.25) is 0 Å². The Labute approximate surface area is 158 Å². The van der Waals surface area contributed by atoms with Gasteiger partial charge < -0.3 is 14.7 Å². The molecule has 2 aromatic rings. The molecule has 6 heteroatoms. The molecule has 0 radical (unpaired) electrons. The van der Waals surface area contributed by atoms with Crippen LogP contribution in [0.2, 0.25) is 0 Å². The number of hydrogen-bond acceptors (Lipinski definition) is 5. The minimum absolute atomic E-state index is 0.0757. The Kier molecular flexibility index (Phi) is 5.54. The number of benzene rings is 1. The monoisotopic (exact) mass is 366 g/mol. The second-order valence-corrected chi connectivity index (χ2v) is 6.32. The van der Waals surface area contributed by atoms with Crippen molar-refractivity contribution in [3.63, 3.8) is 0 Å². The van der Waals surface area contributed by atoms with Crippen molar-refractivity contribution < 1.29 is 19.4 Å². The maximum Gasteiger partial charge on any atom is 0.295 e. The highest BCUT2D eigenvalue weighted by Gasteiger charge is 2.46. The minimum atomic E-state index is -0.694. The number of nitrogens with zero attached hydrogens (tertiary/aromatic N) is 2. The van der Waals surface area contributed by atoms with Gasteiger partial charge in [-0.2, -0.15) is 0 Å². The van der Waals surface area contributed by atoms with E-state index in [2.05, 4.69) is 4.98 Å². The smallest absolute Gasteiger partial charge is 0.295 e. The molecule has 1 aromatic heterocycles. The van der Waals surface area contributed by atoms with Crippen LogP contribution in [0.3, 0.4) is 0 Å². The zero-order valence-corrected chi connectivity index (χ0v) is 15.4. The van der Waals surface area contributed by atoms with Crippen LogP contribution in [0.15, 0.2) is 54.4 Å². The molecule has 1 amide bonds. The van der Waals surface area contributed by atoms with Crippen LogP contribution < -0.4 is 4.74 Å². The molecule has 27 heavy (non-hydrogen) atoms. The minimum Gasteiger partial charge on any atom is -0.507 e. The molecule has 6 nitrogen and oxygen atoms in total. The molecule has 140 valence electrons. The Morgan fingerprint density at radius 2 is 1.89 bits per heavy atom. The first kappa shape index (κ1) is 18.6. The number of carbonyl (C=O) groups excluding carboxylic acids is 2. The lowest BCUT2D eigenvalue weighted by molar-refractivity contribution is -0.139. The number of aliphatic hydroxyl groups is 1. The number of hydrogen-bond donors (Lipinski definition) is 1. The van der Waals surface area contributed by atoms with Gasteiger partial charge in [0.15, 0.2) is 0 Å². The highest BCUT2D eigenvalue weighted by atomic mass is 16.5. The van der Waals surface area contributed by atoms with Crippen LogP contribution in [0.1, 0.15) is 36.9 Å². The van der Waals surface area contributed by atoms with Gasteiger partial charge in [-0.1, -0.05) is 31.5 Å². The van der Waals surface area contributed by atoms with Gasteiger partial charge in [0.25, 0.3) is 11.7 Å². The summed E-state index contributed by atoms with van der Waals surface area (Å²) in [5.74, 6) is -0.927. The first-order chi connectivity index (χ1) is 13.1. The Morgan fingerprint density at radius 3 is 2.56 bits per heavy atom. The van der Waals surface area contributed by atoms with Crippen LogP contribution in [-0.4, -0.2) is 40.3 Å². The molecule has 1 aromatic carbocycles. The van der Waals surface area contributed by atoms with Gasteiger partial charge in [0.05, 0.1) is 18.7 Å². The zero-order chi connectivity index (χ0) is 19.4. The van der Waals surface area contributed by atoms with E-state index in [4.69, 9.17) is 4.74 Å². The van der Waals surface area contributed by atoms with Crippen LogP contribution >= 0.6 is 0 Å². The number of carbonyl (C=O) groups is 2. The van der Waals surface area contributed by atoms with Crippen molar-refractivity contribution >= 4 is 17.4 Å². The third kappa shape index (κ3) is 3.43. The molecular weight excluding hydrogens is 344 g/mol. The molecule has 1 atom stereocenters. The van der Waals surface area contributed by atoms with Gasteiger partial charge in [-0.25, -0.2) is 0 Å². The van der Waals surface area contributed by atoms with Gasteiger partial charge in [-0.05, 0) is 24.6 Å². The molecule has 1 fully saturated rings. The van der Waals surface area contributed by atoms with Crippen LogP contribution in [0.5, 0.6) is 5.75 Å². The molecule has 1 N–H and O–H groups in total. The van der Waals surface area contributed by atoms with E-state index < -0.39 is 17.7 Å². The fourth-order valence-corrected chi connectivity index (χ4v) is 3.32. The SMILES string of the molecule is CCCCN1C(=O)C(=O)/C(=C(\O)c2ccncc2)C1c1ccccc1OC. The topological polar surface area (TPSA) is 79.7 Å². The summed E-state index contributed by atoms with van der Waals surface area (Å²) >= 11 is 0. The van der Waals surface area contributed by atoms with Crippen LogP contribution in [0, 0.1) is 0 Å². The maximum absolute atomic E-state index is 12.8. The lowest BCUT2D eigenvalue weighted by Gasteiger charge is -2.26. The molecule has 0 bridgehead atoms. The first-order valence-electron chi connectivity index (χ1n) is 8.91. The Morgan fingerprint density at radius 1 is 1.19 bits per heavy atom. The molecule has 0 aliphatic carbocycles. The van der Waals surface area contributed by atoms with Crippen LogP contribution in [-0.2, 0) is 9.59 Å². The van der Waals surface area contributed by atoms with Crippen molar-refractivity contribution in [2.24, 2.45) is 0 Å². The summed E-state index contributed by atoms with van der Waals surface area (Å²) < 4.78 is 5.45. The van der Waals surface area contributed by atoms with E-state index >= 15 is 0 Å². The number of rotatable bonds is 6. The third-order valence-corrected chi connectivity index (χ3v) is 4.68. The number of pyridine rings is 1. The highest BCUT2D eigenvalue weighted by Crippen LogP contribution is 2.42. The van der Waals surface area contributed by atoms with Gasteiger partial charge in [0.1, 0.15) is 11.5 Å². The lowest BCUT2D eigenvalue weighted by Crippen LogP contribution is -2.30. The van der Waals surface area contributed by atoms with Crippen LogP contribution in [0.25, 0.3) is 5.76 Å². The van der Waals surface area contributed by atoms with Gasteiger partial charge >= 0.3 is 0 Å². The number of methoxy groups -OCH3 is 1. The second kappa shape index (κ2) is 8.03. The fraction of sp³-hybridized carbons (Fsp3) is 0.286. The molecule has 1 saturated heterocycles. The van der Waals surface area contributed by atoms with Crippen molar-refractivity contribution in [1.82, 2.24) is 9.88 Å². The molecule has 1 aliphatic rings. The number of likely N-dealkylation sites (tertiary alicyclic amines) is 1. The van der Waals surface area contributed by atoms with E-state index in [9.17, 15) is 14.7 Å². The van der Waals surface area contributed by atoms with Crippen LogP contribution in [0.4, 0.5) is 0 Å². The molecule has 1 unspecified atom stereocenters. The van der Waals surface area contributed by atoms with E-state index in [1.807, 2.05) is 25.1 Å². The van der Waals surface area contributed by atoms with Gasteiger partial charge in [0, 0.05) is 30.1 Å². The molecule has 0 saturated carbocycles. The standard InChI is InChI=1S/C21H22N2O4/c1-3-4-13-23-18(15-7-5-6-8-16(15)27-2)17(20(25)21(23)26)19(24)14-9-11-22-12-10-14/h5-12,18,24H,3-4,13H2,1-2H3/b19-17-. The summed E-state index contributed by atoms with van der Waals surface area (Å²) in [6.45, 7) is 2.45. The number of Topliss-reactive ketones (excluding diaryl/α,β-unsaturated/α-hetero) is 1. The fourth-order valence-electron chi connectivity index (χ4n) is 3.32. The maximum atomic E-state index is 12.8. The summed E-state index contributed by atoms with van der Waals surface area (Å²) in [5.41, 5.74) is 1.19. The molecular formula is C21H22N2O4. The lowest BCUT2D eigenvalue weighted by atomic mass is 9.95. The number of aromatic nitrogens is 1. The molecule has 3 rings (SSSR count). The second-order valence-electron chi connectivity index (χ2n) is 6.32. The first-order valence-corrected chi connectivity index (χ1v) is 8.91. The molecule has 1 aliphatic heterocycles.